The van der Waals surface area contributed by atoms with Crippen LogP contribution >= 0.6 is 0 Å². The third kappa shape index (κ3) is 6.32. The molecule has 6 rings (SSSR count). The molecule has 228 valence electrons. The summed E-state index contributed by atoms with van der Waals surface area (Å²) < 4.78 is 11.4. The predicted octanol–water partition coefficient (Wildman–Crippen LogP) is 3.03. The minimum absolute atomic E-state index is 0.108. The number of morpholine rings is 1. The highest BCUT2D eigenvalue weighted by Gasteiger charge is 2.42. The number of fused-ring (bicyclic) bond motifs is 1. The minimum atomic E-state index is -0.964. The van der Waals surface area contributed by atoms with Gasteiger partial charge in [0.05, 0.1) is 43.5 Å². The summed E-state index contributed by atoms with van der Waals surface area (Å²) in [5.74, 6) is -2.56. The molecule has 0 bridgehead atoms. The molecule has 0 aliphatic carbocycles. The van der Waals surface area contributed by atoms with E-state index in [0.29, 0.717) is 55.6 Å². The highest BCUT2D eigenvalue weighted by molar-refractivity contribution is 5.95. The number of carboxylic acids is 1. The lowest BCUT2D eigenvalue weighted by atomic mass is 9.85. The fourth-order valence-electron chi connectivity index (χ4n) is 5.84. The van der Waals surface area contributed by atoms with E-state index in [4.69, 9.17) is 9.15 Å². The van der Waals surface area contributed by atoms with E-state index in [2.05, 4.69) is 25.5 Å². The van der Waals surface area contributed by atoms with Gasteiger partial charge in [0, 0.05) is 51.0 Å². The van der Waals surface area contributed by atoms with Gasteiger partial charge in [0.2, 0.25) is 5.91 Å². The van der Waals surface area contributed by atoms with Gasteiger partial charge in [-0.3, -0.25) is 24.3 Å². The number of benzene rings is 2. The molecular weight excluding hydrogens is 564 g/mol. The number of rotatable bonds is 10. The Balaban J connectivity index is 1.15. The summed E-state index contributed by atoms with van der Waals surface area (Å²) in [5, 5.41) is 15.8. The number of hydrogen-bond acceptors (Lipinski definition) is 10. The Morgan fingerprint density at radius 3 is 2.59 bits per heavy atom. The highest BCUT2D eigenvalue weighted by Crippen LogP contribution is 2.32. The molecular formula is C32H34N6O6. The number of likely N-dealkylation sites (N-methyl/N-ethyl adjacent to an activating group) is 1. The predicted molar refractivity (Wildman–Crippen MR) is 163 cm³/mol. The number of carboxylic acid groups (broad SMARTS) is 1. The maximum Gasteiger partial charge on any atom is 0.308 e. The SMILES string of the molecule is CN(C(=O)Cc1ccc2nc(Nc3cccnc3)oc2c1)c1ccc(C(C(=O)C2CNCC2C(=O)O)N2CCOCC2)cc1. The molecule has 0 spiro atoms. The van der Waals surface area contributed by atoms with Crippen molar-refractivity contribution in [1.29, 1.82) is 0 Å². The van der Waals surface area contributed by atoms with Crippen LogP contribution in [-0.4, -0.2) is 84.1 Å². The Kier molecular flexibility index (Phi) is 8.64. The first-order chi connectivity index (χ1) is 21.4. The van der Waals surface area contributed by atoms with E-state index >= 15 is 0 Å². The van der Waals surface area contributed by atoms with E-state index in [1.165, 1.54) is 0 Å². The third-order valence-corrected chi connectivity index (χ3v) is 8.27. The van der Waals surface area contributed by atoms with E-state index in [1.807, 2.05) is 54.6 Å². The molecule has 3 unspecified atom stereocenters. The van der Waals surface area contributed by atoms with Crippen molar-refractivity contribution in [2.24, 2.45) is 11.8 Å². The third-order valence-electron chi connectivity index (χ3n) is 8.27. The number of Topliss-reactive ketones (excluding diaryl/α,β-unsaturated/α-hetero) is 1. The standard InChI is InChI=1S/C32H34N6O6/c1-37(28(39)16-20-4-9-26-27(15-20)44-32(36-26)35-22-3-2-10-33-17-22)23-7-5-21(6-8-23)29(38-11-13-43-14-12-38)30(40)24-18-34-19-25(24)31(41)42/h2-10,15,17,24-25,29,34H,11-14,16,18-19H2,1H3,(H,35,36)(H,41,42). The van der Waals surface area contributed by atoms with Crippen LogP contribution in [0.1, 0.15) is 17.2 Å². The number of anilines is 3. The van der Waals surface area contributed by atoms with Crippen molar-refractivity contribution in [3.63, 3.8) is 0 Å². The summed E-state index contributed by atoms with van der Waals surface area (Å²) in [4.78, 5) is 51.1. The summed E-state index contributed by atoms with van der Waals surface area (Å²) in [6.07, 6.45) is 3.51. The molecule has 12 nitrogen and oxygen atoms in total. The van der Waals surface area contributed by atoms with Crippen LogP contribution in [0.2, 0.25) is 0 Å². The summed E-state index contributed by atoms with van der Waals surface area (Å²) in [7, 11) is 1.71. The first-order valence-corrected chi connectivity index (χ1v) is 14.6. The van der Waals surface area contributed by atoms with Crippen LogP contribution in [-0.2, 0) is 25.5 Å². The van der Waals surface area contributed by atoms with Crippen molar-refractivity contribution in [2.45, 2.75) is 12.5 Å². The summed E-state index contributed by atoms with van der Waals surface area (Å²) in [5.41, 5.74) is 4.22. The first-order valence-electron chi connectivity index (χ1n) is 14.6. The number of hydrogen-bond donors (Lipinski definition) is 3. The zero-order valence-electron chi connectivity index (χ0n) is 24.3. The van der Waals surface area contributed by atoms with Gasteiger partial charge in [-0.05, 0) is 47.5 Å². The number of ketones is 1. The van der Waals surface area contributed by atoms with Crippen LogP contribution in [0.25, 0.3) is 11.1 Å². The Bertz CT molecular complexity index is 1640. The van der Waals surface area contributed by atoms with Crippen LogP contribution < -0.4 is 15.5 Å². The molecule has 1 amide bonds. The Morgan fingerprint density at radius 1 is 1.09 bits per heavy atom. The van der Waals surface area contributed by atoms with Crippen LogP contribution in [0.4, 0.5) is 17.4 Å². The normalized spacial score (nSPS) is 19.5. The number of nitrogens with one attached hydrogen (secondary N) is 2. The number of oxazole rings is 1. The zero-order valence-corrected chi connectivity index (χ0v) is 24.3. The number of amides is 1. The molecule has 2 aromatic heterocycles. The summed E-state index contributed by atoms with van der Waals surface area (Å²) >= 11 is 0. The lowest BCUT2D eigenvalue weighted by Crippen LogP contribution is -2.45. The topological polar surface area (TPSA) is 150 Å². The molecule has 12 heteroatoms. The van der Waals surface area contributed by atoms with Gasteiger partial charge in [-0.15, -0.1) is 0 Å². The van der Waals surface area contributed by atoms with E-state index < -0.39 is 23.8 Å². The smallest absolute Gasteiger partial charge is 0.308 e. The molecule has 3 atom stereocenters. The largest absolute Gasteiger partial charge is 0.481 e. The Morgan fingerprint density at radius 2 is 1.86 bits per heavy atom. The molecule has 2 fully saturated rings. The van der Waals surface area contributed by atoms with Crippen molar-refractivity contribution < 1.29 is 28.6 Å². The van der Waals surface area contributed by atoms with Gasteiger partial charge in [0.25, 0.3) is 6.01 Å². The zero-order chi connectivity index (χ0) is 30.6. The highest BCUT2D eigenvalue weighted by atomic mass is 16.5. The molecule has 44 heavy (non-hydrogen) atoms. The lowest BCUT2D eigenvalue weighted by Gasteiger charge is -2.35. The second-order valence-electron chi connectivity index (χ2n) is 11.1. The Labute approximate surface area is 254 Å². The van der Waals surface area contributed by atoms with Crippen LogP contribution in [0.5, 0.6) is 0 Å². The van der Waals surface area contributed by atoms with E-state index in [0.717, 1.165) is 16.8 Å². The van der Waals surface area contributed by atoms with Crippen molar-refractivity contribution in [1.82, 2.24) is 20.2 Å². The van der Waals surface area contributed by atoms with Gasteiger partial charge in [-0.25, -0.2) is 0 Å². The van der Waals surface area contributed by atoms with Crippen molar-refractivity contribution in [2.75, 3.05) is 56.7 Å². The van der Waals surface area contributed by atoms with Crippen molar-refractivity contribution >= 4 is 46.1 Å². The summed E-state index contributed by atoms with van der Waals surface area (Å²) in [6, 6.07) is 16.3. The van der Waals surface area contributed by atoms with Crippen LogP contribution in [0, 0.1) is 11.8 Å². The fraction of sp³-hybridized carbons (Fsp3) is 0.344. The fourth-order valence-corrected chi connectivity index (χ4v) is 5.84. The van der Waals surface area contributed by atoms with E-state index in [-0.39, 0.29) is 24.7 Å². The van der Waals surface area contributed by atoms with Gasteiger partial charge in [0.15, 0.2) is 11.4 Å². The molecule has 2 saturated heterocycles. The second kappa shape index (κ2) is 12.9. The van der Waals surface area contributed by atoms with Gasteiger partial charge in [-0.1, -0.05) is 18.2 Å². The van der Waals surface area contributed by atoms with Gasteiger partial charge < -0.3 is 29.8 Å². The first kappa shape index (κ1) is 29.4. The van der Waals surface area contributed by atoms with Gasteiger partial charge in [-0.2, -0.15) is 4.98 Å². The number of carbonyl (C=O) groups excluding carboxylic acids is 2. The maximum atomic E-state index is 13.8. The average Bonchev–Trinajstić information content (AvgIpc) is 3.69. The molecule has 0 saturated carbocycles. The molecule has 2 aliphatic heterocycles. The van der Waals surface area contributed by atoms with Gasteiger partial charge >= 0.3 is 5.97 Å². The van der Waals surface area contributed by atoms with Crippen LogP contribution in [0.15, 0.2) is 71.4 Å². The number of aliphatic carboxylic acids is 1. The molecule has 4 aromatic rings. The monoisotopic (exact) mass is 598 g/mol. The number of aromatic nitrogens is 2. The number of ether oxygens (including phenoxy) is 1. The number of nitrogens with zero attached hydrogens (tertiary/aromatic N) is 4. The second-order valence-corrected chi connectivity index (χ2v) is 11.1. The summed E-state index contributed by atoms with van der Waals surface area (Å²) in [6.45, 7) is 2.78. The van der Waals surface area contributed by atoms with Crippen molar-refractivity contribution in [3.8, 4) is 0 Å². The number of carbonyl (C=O) groups is 3. The van der Waals surface area contributed by atoms with Crippen LogP contribution in [0.3, 0.4) is 0 Å². The maximum absolute atomic E-state index is 13.8. The molecule has 4 heterocycles. The van der Waals surface area contributed by atoms with E-state index in [9.17, 15) is 19.5 Å². The molecule has 2 aliphatic rings. The minimum Gasteiger partial charge on any atom is -0.481 e. The molecule has 0 radical (unpaired) electrons. The number of pyridine rings is 1. The van der Waals surface area contributed by atoms with E-state index in [1.54, 1.807) is 24.3 Å². The van der Waals surface area contributed by atoms with Crippen molar-refractivity contribution in [3.05, 3.63) is 78.1 Å². The lowest BCUT2D eigenvalue weighted by molar-refractivity contribution is -0.146. The molecule has 2 aromatic carbocycles. The molecule has 3 N–H and O–H groups in total. The Hall–Kier alpha value is -4.65. The van der Waals surface area contributed by atoms with Gasteiger partial charge in [0.1, 0.15) is 5.52 Å². The quantitative estimate of drug-likeness (QED) is 0.247. The average molecular weight is 599 g/mol.